The molecular formula is C21H26N2O3. The predicted molar refractivity (Wildman–Crippen MR) is 103 cm³/mol. The van der Waals surface area contributed by atoms with Crippen molar-refractivity contribution in [1.29, 1.82) is 0 Å². The lowest BCUT2D eigenvalue weighted by Crippen LogP contribution is -2.33. The summed E-state index contributed by atoms with van der Waals surface area (Å²) >= 11 is 0. The predicted octanol–water partition coefficient (Wildman–Crippen LogP) is 3.29. The topological polar surface area (TPSA) is 67.4 Å². The molecule has 2 rings (SSSR count). The fraction of sp³-hybridized carbons (Fsp3) is 0.333. The molecule has 0 saturated heterocycles. The van der Waals surface area contributed by atoms with Crippen molar-refractivity contribution in [2.75, 3.05) is 19.0 Å². The van der Waals surface area contributed by atoms with E-state index in [2.05, 4.69) is 31.4 Å². The number of methoxy groups -OCH3 is 1. The van der Waals surface area contributed by atoms with E-state index >= 15 is 0 Å². The lowest BCUT2D eigenvalue weighted by atomic mass is 9.87. The quantitative estimate of drug-likeness (QED) is 0.836. The molecule has 2 N–H and O–H groups in total. The average molecular weight is 354 g/mol. The first-order valence-electron chi connectivity index (χ1n) is 8.58. The maximum absolute atomic E-state index is 12.0. The molecule has 0 unspecified atom stereocenters. The largest absolute Gasteiger partial charge is 0.497 e. The highest BCUT2D eigenvalue weighted by Crippen LogP contribution is 2.23. The summed E-state index contributed by atoms with van der Waals surface area (Å²) in [5, 5.41) is 5.42. The van der Waals surface area contributed by atoms with Crippen molar-refractivity contribution in [3.8, 4) is 5.75 Å². The highest BCUT2D eigenvalue weighted by molar-refractivity contribution is 5.94. The van der Waals surface area contributed by atoms with Gasteiger partial charge in [0.25, 0.3) is 0 Å². The van der Waals surface area contributed by atoms with Crippen molar-refractivity contribution in [3.63, 3.8) is 0 Å². The zero-order valence-electron chi connectivity index (χ0n) is 15.8. The first-order valence-corrected chi connectivity index (χ1v) is 8.58. The molecular weight excluding hydrogens is 328 g/mol. The van der Waals surface area contributed by atoms with E-state index in [1.165, 1.54) is 5.56 Å². The smallest absolute Gasteiger partial charge is 0.243 e. The van der Waals surface area contributed by atoms with E-state index in [-0.39, 0.29) is 30.2 Å². The van der Waals surface area contributed by atoms with Crippen LogP contribution in [0.4, 0.5) is 5.69 Å². The summed E-state index contributed by atoms with van der Waals surface area (Å²) in [5.41, 5.74) is 2.84. The van der Waals surface area contributed by atoms with E-state index in [4.69, 9.17) is 4.74 Å². The monoisotopic (exact) mass is 354 g/mol. The van der Waals surface area contributed by atoms with Crippen LogP contribution in [0.3, 0.4) is 0 Å². The molecule has 0 aromatic heterocycles. The van der Waals surface area contributed by atoms with Crippen LogP contribution >= 0.6 is 0 Å². The Hall–Kier alpha value is -2.82. The molecule has 138 valence electrons. The van der Waals surface area contributed by atoms with Crippen molar-refractivity contribution < 1.29 is 14.3 Å². The molecule has 0 heterocycles. The Morgan fingerprint density at radius 3 is 2.08 bits per heavy atom. The SMILES string of the molecule is COc1ccc(CC(=O)NCC(=O)Nc2ccc(C(C)(C)C)cc2)cc1. The Balaban J connectivity index is 1.79. The molecule has 5 heteroatoms. The fourth-order valence-electron chi connectivity index (χ4n) is 2.43. The van der Waals surface area contributed by atoms with Gasteiger partial charge >= 0.3 is 0 Å². The van der Waals surface area contributed by atoms with Crippen LogP contribution in [0.1, 0.15) is 31.9 Å². The molecule has 2 aromatic carbocycles. The Morgan fingerprint density at radius 2 is 1.54 bits per heavy atom. The van der Waals surface area contributed by atoms with E-state index in [0.717, 1.165) is 11.3 Å². The van der Waals surface area contributed by atoms with Crippen molar-refractivity contribution in [2.24, 2.45) is 0 Å². The highest BCUT2D eigenvalue weighted by atomic mass is 16.5. The Labute approximate surface area is 154 Å². The van der Waals surface area contributed by atoms with Gasteiger partial charge in [-0.05, 0) is 40.8 Å². The number of rotatable bonds is 6. The molecule has 0 atom stereocenters. The number of nitrogens with one attached hydrogen (secondary N) is 2. The molecule has 0 aliphatic heterocycles. The second kappa shape index (κ2) is 8.52. The summed E-state index contributed by atoms with van der Waals surface area (Å²) in [5.74, 6) is 0.288. The number of amides is 2. The first-order chi connectivity index (χ1) is 12.3. The molecule has 0 saturated carbocycles. The summed E-state index contributed by atoms with van der Waals surface area (Å²) in [6.45, 7) is 6.35. The number of hydrogen-bond donors (Lipinski definition) is 2. The van der Waals surface area contributed by atoms with E-state index in [0.29, 0.717) is 5.69 Å². The number of carbonyl (C=O) groups is 2. The maximum Gasteiger partial charge on any atom is 0.243 e. The zero-order valence-corrected chi connectivity index (χ0v) is 15.8. The van der Waals surface area contributed by atoms with Crippen LogP contribution in [0.15, 0.2) is 48.5 Å². The minimum Gasteiger partial charge on any atom is -0.497 e. The van der Waals surface area contributed by atoms with Crippen molar-refractivity contribution >= 4 is 17.5 Å². The van der Waals surface area contributed by atoms with Crippen molar-refractivity contribution in [1.82, 2.24) is 5.32 Å². The van der Waals surface area contributed by atoms with E-state index < -0.39 is 0 Å². The molecule has 2 aromatic rings. The van der Waals surface area contributed by atoms with Gasteiger partial charge in [0.2, 0.25) is 11.8 Å². The summed E-state index contributed by atoms with van der Waals surface area (Å²) in [4.78, 5) is 23.9. The van der Waals surface area contributed by atoms with E-state index in [1.807, 2.05) is 36.4 Å². The minimum absolute atomic E-state index is 0.0595. The molecule has 0 spiro atoms. The second-order valence-corrected chi connectivity index (χ2v) is 7.18. The van der Waals surface area contributed by atoms with Gasteiger partial charge in [-0.15, -0.1) is 0 Å². The van der Waals surface area contributed by atoms with Crippen LogP contribution in [0.2, 0.25) is 0 Å². The summed E-state index contributed by atoms with van der Waals surface area (Å²) < 4.78 is 5.08. The summed E-state index contributed by atoms with van der Waals surface area (Å²) in [6, 6.07) is 15.0. The Kier molecular flexibility index (Phi) is 6.39. The normalized spacial score (nSPS) is 10.9. The minimum atomic E-state index is -0.253. The third-order valence-electron chi connectivity index (χ3n) is 4.00. The molecule has 26 heavy (non-hydrogen) atoms. The third-order valence-corrected chi connectivity index (χ3v) is 4.00. The third kappa shape index (κ3) is 5.92. The first kappa shape index (κ1) is 19.5. The summed E-state index contributed by atoms with van der Waals surface area (Å²) in [6.07, 6.45) is 0.220. The number of carbonyl (C=O) groups excluding carboxylic acids is 2. The fourth-order valence-corrected chi connectivity index (χ4v) is 2.43. The molecule has 0 bridgehead atoms. The standard InChI is InChI=1S/C21H26N2O3/c1-21(2,3)16-7-9-17(10-8-16)23-20(25)14-22-19(24)13-15-5-11-18(26-4)12-6-15/h5-12H,13-14H2,1-4H3,(H,22,24)(H,23,25). The van der Waals surface area contributed by atoms with Gasteiger partial charge in [-0.3, -0.25) is 9.59 Å². The second-order valence-electron chi connectivity index (χ2n) is 7.18. The van der Waals surface area contributed by atoms with E-state index in [9.17, 15) is 9.59 Å². The lowest BCUT2D eigenvalue weighted by molar-refractivity contribution is -0.123. The number of anilines is 1. The van der Waals surface area contributed by atoms with Crippen LogP contribution in [0.25, 0.3) is 0 Å². The van der Waals surface area contributed by atoms with Gasteiger partial charge < -0.3 is 15.4 Å². The van der Waals surface area contributed by atoms with Gasteiger partial charge in [-0.25, -0.2) is 0 Å². The number of hydrogen-bond acceptors (Lipinski definition) is 3. The molecule has 0 aliphatic carbocycles. The molecule has 0 aliphatic rings. The van der Waals surface area contributed by atoms with Gasteiger partial charge in [-0.1, -0.05) is 45.0 Å². The van der Waals surface area contributed by atoms with Crippen molar-refractivity contribution in [3.05, 3.63) is 59.7 Å². The van der Waals surface area contributed by atoms with Gasteiger partial charge in [0.15, 0.2) is 0 Å². The van der Waals surface area contributed by atoms with Gasteiger partial charge in [0.1, 0.15) is 5.75 Å². The average Bonchev–Trinajstić information content (AvgIpc) is 2.60. The molecule has 0 fully saturated rings. The molecule has 2 amide bonds. The van der Waals surface area contributed by atoms with Gasteiger partial charge in [0, 0.05) is 5.69 Å². The Bertz CT molecular complexity index is 744. The lowest BCUT2D eigenvalue weighted by Gasteiger charge is -2.19. The van der Waals surface area contributed by atoms with Gasteiger partial charge in [0.05, 0.1) is 20.1 Å². The highest BCUT2D eigenvalue weighted by Gasteiger charge is 2.13. The molecule has 5 nitrogen and oxygen atoms in total. The maximum atomic E-state index is 12.0. The summed E-state index contributed by atoms with van der Waals surface area (Å²) in [7, 11) is 1.59. The number of benzene rings is 2. The van der Waals surface area contributed by atoms with Gasteiger partial charge in [-0.2, -0.15) is 0 Å². The van der Waals surface area contributed by atoms with Crippen LogP contribution in [0.5, 0.6) is 5.75 Å². The zero-order chi connectivity index (χ0) is 19.2. The van der Waals surface area contributed by atoms with Crippen LogP contribution in [0, 0.1) is 0 Å². The van der Waals surface area contributed by atoms with E-state index in [1.54, 1.807) is 19.2 Å². The molecule has 0 radical (unpaired) electrons. The van der Waals surface area contributed by atoms with Crippen LogP contribution < -0.4 is 15.4 Å². The van der Waals surface area contributed by atoms with Crippen molar-refractivity contribution in [2.45, 2.75) is 32.6 Å². The Morgan fingerprint density at radius 1 is 0.923 bits per heavy atom. The number of ether oxygens (including phenoxy) is 1. The van der Waals surface area contributed by atoms with Crippen LogP contribution in [-0.4, -0.2) is 25.5 Å². The van der Waals surface area contributed by atoms with Crippen LogP contribution in [-0.2, 0) is 21.4 Å².